The maximum absolute atomic E-state index is 15.4. The fourth-order valence-electron chi connectivity index (χ4n) is 5.66. The van der Waals surface area contributed by atoms with Crippen molar-refractivity contribution >= 4 is 29.2 Å². The molecule has 4 rings (SSSR count). The minimum absolute atomic E-state index is 0.0317. The van der Waals surface area contributed by atoms with E-state index in [1.165, 1.54) is 30.2 Å². The molecule has 4 atom stereocenters. The Hall–Kier alpha value is -3.15. The van der Waals surface area contributed by atoms with Crippen molar-refractivity contribution in [3.8, 4) is 11.8 Å². The normalized spacial score (nSPS) is 26.1. The largest absolute Gasteiger partial charge is 0.495 e. The number of aromatic carboxylic acids is 1. The van der Waals surface area contributed by atoms with E-state index in [0.717, 1.165) is 0 Å². The van der Waals surface area contributed by atoms with Crippen molar-refractivity contribution in [2.45, 2.75) is 52.1 Å². The Morgan fingerprint density at radius 3 is 2.61 bits per heavy atom. The van der Waals surface area contributed by atoms with Crippen molar-refractivity contribution in [3.05, 3.63) is 58.4 Å². The lowest BCUT2D eigenvalue weighted by atomic mass is 9.67. The number of carboxylic acid groups (broad SMARTS) is 1. The van der Waals surface area contributed by atoms with Gasteiger partial charge in [-0.25, -0.2) is 9.18 Å². The van der Waals surface area contributed by atoms with Crippen LogP contribution in [-0.4, -0.2) is 47.7 Å². The molecule has 0 saturated carbocycles. The van der Waals surface area contributed by atoms with E-state index in [4.69, 9.17) is 16.3 Å². The van der Waals surface area contributed by atoms with Gasteiger partial charge in [0.2, 0.25) is 5.91 Å². The average molecular weight is 514 g/mol. The number of carbonyl (C=O) groups is 2. The van der Waals surface area contributed by atoms with Crippen molar-refractivity contribution in [3.63, 3.8) is 0 Å². The summed E-state index contributed by atoms with van der Waals surface area (Å²) in [5.74, 6) is -2.57. The Labute approximate surface area is 215 Å². The summed E-state index contributed by atoms with van der Waals surface area (Å²) in [6.07, 6.45) is 0.600. The van der Waals surface area contributed by atoms with Gasteiger partial charge in [0.15, 0.2) is 0 Å². The van der Waals surface area contributed by atoms with Crippen molar-refractivity contribution in [1.29, 1.82) is 5.26 Å². The highest BCUT2D eigenvalue weighted by molar-refractivity contribution is 6.30. The number of fused-ring (bicyclic) bond motifs is 1. The third kappa shape index (κ3) is 4.10. The molecule has 2 aromatic rings. The predicted octanol–water partition coefficient (Wildman–Crippen LogP) is 5.29. The van der Waals surface area contributed by atoms with Crippen LogP contribution in [0.15, 0.2) is 36.4 Å². The van der Waals surface area contributed by atoms with E-state index in [-0.39, 0.29) is 45.9 Å². The number of nitrogens with zero attached hydrogens (tertiary/aromatic N) is 3. The number of carbonyl (C=O) groups excluding carboxylic acids is 1. The molecule has 7 nitrogen and oxygen atoms in total. The summed E-state index contributed by atoms with van der Waals surface area (Å²) >= 11 is 6.12. The van der Waals surface area contributed by atoms with Crippen LogP contribution in [0.1, 0.15) is 56.0 Å². The molecule has 2 aromatic carbocycles. The van der Waals surface area contributed by atoms with Gasteiger partial charge in [-0.05, 0) is 48.6 Å². The van der Waals surface area contributed by atoms with Crippen molar-refractivity contribution in [2.24, 2.45) is 10.8 Å². The fourth-order valence-corrected chi connectivity index (χ4v) is 5.85. The Balaban J connectivity index is 1.87. The van der Waals surface area contributed by atoms with E-state index in [9.17, 15) is 20.0 Å². The monoisotopic (exact) mass is 513 g/mol. The van der Waals surface area contributed by atoms with Crippen LogP contribution in [0.25, 0.3) is 0 Å². The smallest absolute Gasteiger partial charge is 0.335 e. The quantitative estimate of drug-likeness (QED) is 0.583. The Morgan fingerprint density at radius 2 is 2.03 bits per heavy atom. The number of ether oxygens (including phenoxy) is 1. The van der Waals surface area contributed by atoms with Gasteiger partial charge in [-0.15, -0.1) is 0 Å². The molecule has 0 unspecified atom stereocenters. The molecule has 0 aromatic heterocycles. The second kappa shape index (κ2) is 9.06. The molecule has 2 fully saturated rings. The Morgan fingerprint density at radius 1 is 1.33 bits per heavy atom. The fraction of sp³-hybridized carbons (Fsp3) is 0.444. The van der Waals surface area contributed by atoms with Crippen molar-refractivity contribution in [1.82, 2.24) is 4.90 Å². The van der Waals surface area contributed by atoms with Crippen LogP contribution >= 0.6 is 11.6 Å². The third-order valence-corrected chi connectivity index (χ3v) is 7.61. The lowest BCUT2D eigenvalue weighted by molar-refractivity contribution is -0.119. The topological polar surface area (TPSA) is 93.9 Å². The summed E-state index contributed by atoms with van der Waals surface area (Å²) in [5, 5.41) is 19.7. The van der Waals surface area contributed by atoms with E-state index in [1.807, 2.05) is 4.90 Å². The highest BCUT2D eigenvalue weighted by atomic mass is 35.5. The first kappa shape index (κ1) is 25.9. The number of hydrogen-bond donors (Lipinski definition) is 1. The van der Waals surface area contributed by atoms with Gasteiger partial charge in [0.1, 0.15) is 17.6 Å². The SMILES string of the molecule is COc1cc(C(=O)O)ccc1N1CN2[C@@H](CC(C)(C)C)[C@@](C)(C#N)[C@@H](c3cccc(Cl)c3F)[C@@H]2C1=O. The molecule has 2 aliphatic heterocycles. The number of hydrogen-bond acceptors (Lipinski definition) is 5. The Kier molecular flexibility index (Phi) is 6.52. The number of benzene rings is 2. The predicted molar refractivity (Wildman–Crippen MR) is 134 cm³/mol. The molecule has 0 radical (unpaired) electrons. The number of methoxy groups -OCH3 is 1. The molecule has 36 heavy (non-hydrogen) atoms. The first-order chi connectivity index (χ1) is 16.8. The molecular formula is C27H29ClFN3O4. The second-order valence-electron chi connectivity index (χ2n) is 10.9. The zero-order valence-corrected chi connectivity index (χ0v) is 21.6. The van der Waals surface area contributed by atoms with Gasteiger partial charge in [-0.1, -0.05) is 44.5 Å². The first-order valence-corrected chi connectivity index (χ1v) is 12.1. The van der Waals surface area contributed by atoms with Crippen LogP contribution in [0.5, 0.6) is 5.75 Å². The van der Waals surface area contributed by atoms with Gasteiger partial charge < -0.3 is 9.84 Å². The van der Waals surface area contributed by atoms with Crippen molar-refractivity contribution < 1.29 is 23.8 Å². The number of rotatable bonds is 5. The molecule has 190 valence electrons. The number of amides is 1. The first-order valence-electron chi connectivity index (χ1n) is 11.7. The van der Waals surface area contributed by atoms with Gasteiger partial charge in [0.05, 0.1) is 41.5 Å². The Bertz CT molecular complexity index is 1270. The van der Waals surface area contributed by atoms with Crippen LogP contribution in [0.3, 0.4) is 0 Å². The van der Waals surface area contributed by atoms with Crippen LogP contribution in [0.2, 0.25) is 5.02 Å². The van der Waals surface area contributed by atoms with E-state index >= 15 is 4.39 Å². The molecule has 0 aliphatic carbocycles. The molecular weight excluding hydrogens is 485 g/mol. The summed E-state index contributed by atoms with van der Waals surface area (Å²) in [4.78, 5) is 29.0. The molecule has 1 N–H and O–H groups in total. The van der Waals surface area contributed by atoms with E-state index in [0.29, 0.717) is 12.1 Å². The van der Waals surface area contributed by atoms with Crippen LogP contribution < -0.4 is 9.64 Å². The highest BCUT2D eigenvalue weighted by Gasteiger charge is 2.64. The lowest BCUT2D eigenvalue weighted by Gasteiger charge is -2.37. The lowest BCUT2D eigenvalue weighted by Crippen LogP contribution is -2.43. The summed E-state index contributed by atoms with van der Waals surface area (Å²) in [5.41, 5.74) is -0.555. The molecule has 2 heterocycles. The zero-order chi connectivity index (χ0) is 26.6. The molecule has 0 spiro atoms. The second-order valence-corrected chi connectivity index (χ2v) is 11.3. The van der Waals surface area contributed by atoms with Crippen LogP contribution in [-0.2, 0) is 4.79 Å². The van der Waals surface area contributed by atoms with E-state index in [2.05, 4.69) is 26.8 Å². The molecule has 2 aliphatic rings. The van der Waals surface area contributed by atoms with E-state index in [1.54, 1.807) is 25.1 Å². The summed E-state index contributed by atoms with van der Waals surface area (Å²) in [6, 6.07) is 10.3. The maximum Gasteiger partial charge on any atom is 0.335 e. The zero-order valence-electron chi connectivity index (χ0n) is 20.9. The summed E-state index contributed by atoms with van der Waals surface area (Å²) in [6.45, 7) is 8.15. The van der Waals surface area contributed by atoms with E-state index < -0.39 is 29.2 Å². The van der Waals surface area contributed by atoms with Gasteiger partial charge in [0.25, 0.3) is 0 Å². The van der Waals surface area contributed by atoms with Crippen molar-refractivity contribution in [2.75, 3.05) is 18.7 Å². The van der Waals surface area contributed by atoms with Gasteiger partial charge in [-0.3, -0.25) is 14.6 Å². The van der Waals surface area contributed by atoms with Gasteiger partial charge in [0, 0.05) is 12.0 Å². The number of nitriles is 1. The van der Waals surface area contributed by atoms with Gasteiger partial charge in [-0.2, -0.15) is 5.26 Å². The molecule has 2 saturated heterocycles. The minimum atomic E-state index is -1.11. The third-order valence-electron chi connectivity index (χ3n) is 7.32. The highest BCUT2D eigenvalue weighted by Crippen LogP contribution is 2.57. The average Bonchev–Trinajstić information content (AvgIpc) is 3.26. The summed E-state index contributed by atoms with van der Waals surface area (Å²) in [7, 11) is 1.41. The molecule has 1 amide bonds. The van der Waals surface area contributed by atoms with Crippen LogP contribution in [0.4, 0.5) is 10.1 Å². The number of halogens is 2. The van der Waals surface area contributed by atoms with Gasteiger partial charge >= 0.3 is 5.97 Å². The molecule has 0 bridgehead atoms. The number of carboxylic acids is 1. The maximum atomic E-state index is 15.4. The summed E-state index contributed by atoms with van der Waals surface area (Å²) < 4.78 is 20.8. The number of anilines is 1. The molecule has 9 heteroatoms. The standard InChI is InChI=1S/C27H29ClFN3O4/c1-26(2,3)12-20-27(4,13-30)21(16-7-6-8-17(28)22(16)29)23-24(33)31(14-32(20)23)18-10-9-15(25(34)35)11-19(18)36-5/h6-11,20-21,23H,12,14H2,1-5H3,(H,34,35)/t20-,21-,23+,27+/m0/s1. The van der Waals surface area contributed by atoms with Crippen LogP contribution in [0, 0.1) is 28.0 Å². The minimum Gasteiger partial charge on any atom is -0.495 e.